The smallest absolute Gasteiger partial charge is 0.337 e. The van der Waals surface area contributed by atoms with Crippen molar-refractivity contribution in [1.29, 1.82) is 0 Å². The number of ether oxygens (including phenoxy) is 3. The zero-order valence-corrected chi connectivity index (χ0v) is 19.1. The number of hydrogen-bond acceptors (Lipinski definition) is 8. The van der Waals surface area contributed by atoms with Gasteiger partial charge in [-0.25, -0.2) is 9.78 Å². The highest BCUT2D eigenvalue weighted by molar-refractivity contribution is 5.89. The number of carbonyl (C=O) groups is 1. The predicted octanol–water partition coefficient (Wildman–Crippen LogP) is 5.34. The molecule has 0 saturated heterocycles. The summed E-state index contributed by atoms with van der Waals surface area (Å²) in [5, 5.41) is 11.1. The molecular formula is C26H22N4O5. The van der Waals surface area contributed by atoms with Crippen LogP contribution in [0, 0.1) is 0 Å². The Bertz CT molecular complexity index is 1470. The zero-order chi connectivity index (χ0) is 24.2. The Kier molecular flexibility index (Phi) is 6.04. The molecule has 9 heteroatoms. The van der Waals surface area contributed by atoms with Gasteiger partial charge in [-0.05, 0) is 54.1 Å². The van der Waals surface area contributed by atoms with Crippen LogP contribution >= 0.6 is 0 Å². The predicted molar refractivity (Wildman–Crippen MR) is 130 cm³/mol. The number of aromatic amines is 1. The highest BCUT2D eigenvalue weighted by Gasteiger charge is 2.12. The van der Waals surface area contributed by atoms with Crippen LogP contribution in [0.5, 0.6) is 11.5 Å². The Morgan fingerprint density at radius 1 is 1.00 bits per heavy atom. The number of methoxy groups -OCH3 is 2. The summed E-state index contributed by atoms with van der Waals surface area (Å²) in [5.74, 6) is 1.35. The van der Waals surface area contributed by atoms with E-state index >= 15 is 0 Å². The number of aromatic nitrogens is 3. The van der Waals surface area contributed by atoms with Crippen molar-refractivity contribution >= 4 is 28.6 Å². The van der Waals surface area contributed by atoms with Crippen LogP contribution in [0.15, 0.2) is 77.5 Å². The van der Waals surface area contributed by atoms with Crippen molar-refractivity contribution in [2.45, 2.75) is 6.61 Å². The van der Waals surface area contributed by atoms with Crippen molar-refractivity contribution < 1.29 is 23.4 Å². The molecule has 0 saturated carbocycles. The van der Waals surface area contributed by atoms with Gasteiger partial charge in [0.1, 0.15) is 6.61 Å². The topological polar surface area (TPSA) is 112 Å². The van der Waals surface area contributed by atoms with Gasteiger partial charge in [-0.3, -0.25) is 5.10 Å². The fraction of sp³-hybridized carbons (Fsp3) is 0.115. The van der Waals surface area contributed by atoms with Gasteiger partial charge in [-0.2, -0.15) is 5.10 Å². The van der Waals surface area contributed by atoms with Crippen LogP contribution in [-0.2, 0) is 11.3 Å². The van der Waals surface area contributed by atoms with E-state index in [0.29, 0.717) is 35.4 Å². The van der Waals surface area contributed by atoms with Gasteiger partial charge < -0.3 is 23.9 Å². The van der Waals surface area contributed by atoms with Crippen LogP contribution in [0.1, 0.15) is 15.9 Å². The van der Waals surface area contributed by atoms with Gasteiger partial charge in [0.15, 0.2) is 17.3 Å². The second-order valence-corrected chi connectivity index (χ2v) is 7.67. The Labute approximate surface area is 200 Å². The quantitative estimate of drug-likeness (QED) is 0.293. The normalized spacial score (nSPS) is 10.8. The van der Waals surface area contributed by atoms with Crippen LogP contribution in [0.4, 0.5) is 11.7 Å². The molecule has 0 aliphatic rings. The third-order valence-electron chi connectivity index (χ3n) is 5.41. The van der Waals surface area contributed by atoms with Gasteiger partial charge in [-0.15, -0.1) is 0 Å². The summed E-state index contributed by atoms with van der Waals surface area (Å²) in [4.78, 5) is 15.9. The number of rotatable bonds is 8. The van der Waals surface area contributed by atoms with Crippen LogP contribution < -0.4 is 14.8 Å². The molecule has 0 fully saturated rings. The largest absolute Gasteiger partial charge is 0.493 e. The number of carbonyl (C=O) groups excluding carboxylic acids is 1. The Morgan fingerprint density at radius 3 is 2.66 bits per heavy atom. The van der Waals surface area contributed by atoms with Crippen molar-refractivity contribution in [2.24, 2.45) is 0 Å². The van der Waals surface area contributed by atoms with E-state index in [1.165, 1.54) is 7.11 Å². The van der Waals surface area contributed by atoms with E-state index in [9.17, 15) is 4.79 Å². The molecule has 176 valence electrons. The van der Waals surface area contributed by atoms with Gasteiger partial charge in [0.2, 0.25) is 0 Å². The van der Waals surface area contributed by atoms with E-state index in [1.807, 2.05) is 48.5 Å². The molecule has 2 N–H and O–H groups in total. The Morgan fingerprint density at radius 2 is 1.86 bits per heavy atom. The summed E-state index contributed by atoms with van der Waals surface area (Å²) < 4.78 is 22.1. The molecule has 0 atom stereocenters. The first kappa shape index (κ1) is 22.0. The van der Waals surface area contributed by atoms with E-state index in [4.69, 9.17) is 18.6 Å². The maximum absolute atomic E-state index is 11.6. The second-order valence-electron chi connectivity index (χ2n) is 7.67. The van der Waals surface area contributed by atoms with Gasteiger partial charge in [0.25, 0.3) is 6.01 Å². The first-order chi connectivity index (χ1) is 17.1. The number of oxazole rings is 1. The lowest BCUT2D eigenvalue weighted by Crippen LogP contribution is -2.02. The summed E-state index contributed by atoms with van der Waals surface area (Å²) in [5.41, 5.74) is 3.98. The zero-order valence-electron chi connectivity index (χ0n) is 19.1. The third-order valence-corrected chi connectivity index (χ3v) is 5.41. The molecule has 0 aliphatic carbocycles. The molecular weight excluding hydrogens is 448 g/mol. The van der Waals surface area contributed by atoms with E-state index in [0.717, 1.165) is 27.7 Å². The Hall–Kier alpha value is -4.79. The average molecular weight is 470 g/mol. The Balaban J connectivity index is 1.27. The van der Waals surface area contributed by atoms with Crippen LogP contribution in [0.3, 0.4) is 0 Å². The molecule has 2 aromatic heterocycles. The minimum Gasteiger partial charge on any atom is -0.493 e. The fourth-order valence-electron chi connectivity index (χ4n) is 3.57. The summed E-state index contributed by atoms with van der Waals surface area (Å²) in [6.45, 7) is 0.314. The molecule has 3 aromatic carbocycles. The summed E-state index contributed by atoms with van der Waals surface area (Å²) in [6, 6.07) is 18.8. The van der Waals surface area contributed by atoms with Gasteiger partial charge >= 0.3 is 5.97 Å². The molecule has 2 heterocycles. The number of H-pyrrole nitrogens is 1. The molecule has 0 bridgehead atoms. The number of fused-ring (bicyclic) bond motifs is 1. The number of nitrogens with zero attached hydrogens (tertiary/aromatic N) is 2. The van der Waals surface area contributed by atoms with Crippen molar-refractivity contribution in [2.75, 3.05) is 19.5 Å². The molecule has 5 aromatic rings. The molecule has 0 amide bonds. The number of esters is 1. The van der Waals surface area contributed by atoms with Crippen molar-refractivity contribution in [3.63, 3.8) is 0 Å². The SMILES string of the molecule is COC(=O)c1ccc(COc2ccc(-c3cnc(Nc4ccc5[nH]ncc5c4)o3)cc2OC)cc1. The van der Waals surface area contributed by atoms with E-state index in [2.05, 4.69) is 20.5 Å². The summed E-state index contributed by atoms with van der Waals surface area (Å²) >= 11 is 0. The number of hydrogen-bond donors (Lipinski definition) is 2. The van der Waals surface area contributed by atoms with Crippen molar-refractivity contribution in [3.8, 4) is 22.8 Å². The number of benzene rings is 3. The van der Waals surface area contributed by atoms with Gasteiger partial charge in [0.05, 0.1) is 37.7 Å². The first-order valence-corrected chi connectivity index (χ1v) is 10.8. The molecule has 0 spiro atoms. The molecule has 0 radical (unpaired) electrons. The molecule has 35 heavy (non-hydrogen) atoms. The minimum atomic E-state index is -0.375. The maximum Gasteiger partial charge on any atom is 0.337 e. The monoisotopic (exact) mass is 470 g/mol. The molecule has 9 nitrogen and oxygen atoms in total. The van der Waals surface area contributed by atoms with Gasteiger partial charge in [0, 0.05) is 16.6 Å². The summed E-state index contributed by atoms with van der Waals surface area (Å²) in [7, 11) is 2.93. The lowest BCUT2D eigenvalue weighted by molar-refractivity contribution is 0.0600. The second kappa shape index (κ2) is 9.60. The van der Waals surface area contributed by atoms with E-state index in [1.54, 1.807) is 31.6 Å². The van der Waals surface area contributed by atoms with E-state index in [-0.39, 0.29) is 5.97 Å². The third kappa shape index (κ3) is 4.79. The average Bonchev–Trinajstić information content (AvgIpc) is 3.56. The summed E-state index contributed by atoms with van der Waals surface area (Å²) in [6.07, 6.45) is 3.41. The maximum atomic E-state index is 11.6. The lowest BCUT2D eigenvalue weighted by atomic mass is 10.1. The van der Waals surface area contributed by atoms with Crippen molar-refractivity contribution in [1.82, 2.24) is 15.2 Å². The lowest BCUT2D eigenvalue weighted by Gasteiger charge is -2.12. The highest BCUT2D eigenvalue weighted by Crippen LogP contribution is 2.34. The van der Waals surface area contributed by atoms with Gasteiger partial charge in [-0.1, -0.05) is 12.1 Å². The number of nitrogens with one attached hydrogen (secondary N) is 2. The van der Waals surface area contributed by atoms with E-state index < -0.39 is 0 Å². The molecule has 0 aliphatic heterocycles. The van der Waals surface area contributed by atoms with Crippen LogP contribution in [-0.4, -0.2) is 35.4 Å². The highest BCUT2D eigenvalue weighted by atomic mass is 16.5. The molecule has 0 unspecified atom stereocenters. The fourth-order valence-corrected chi connectivity index (χ4v) is 3.57. The van der Waals surface area contributed by atoms with Crippen LogP contribution in [0.2, 0.25) is 0 Å². The minimum absolute atomic E-state index is 0.314. The van der Waals surface area contributed by atoms with Crippen molar-refractivity contribution in [3.05, 3.63) is 84.2 Å². The molecule has 5 rings (SSSR count). The standard InChI is InChI=1S/C26H22N4O5/c1-32-23-12-18(7-10-22(23)34-15-16-3-5-17(6-4-16)25(31)33-2)24-14-27-26(35-24)29-20-8-9-21-19(11-20)13-28-30-21/h3-14H,15H2,1-2H3,(H,27,29)(H,28,30). The van der Waals surface area contributed by atoms with Crippen LogP contribution in [0.25, 0.3) is 22.2 Å². The number of anilines is 2. The first-order valence-electron chi connectivity index (χ1n) is 10.8.